The molecule has 0 fully saturated rings. The van der Waals surface area contributed by atoms with E-state index in [4.69, 9.17) is 28.3 Å². The third kappa shape index (κ3) is 10.7. The van der Waals surface area contributed by atoms with Crippen LogP contribution in [-0.2, 0) is 28.7 Å². The van der Waals surface area contributed by atoms with E-state index >= 15 is 0 Å². The number of halogens is 2. The number of rotatable bonds is 8. The third-order valence-corrected chi connectivity index (χ3v) is 4.24. The lowest BCUT2D eigenvalue weighted by molar-refractivity contribution is -0.177. The summed E-state index contributed by atoms with van der Waals surface area (Å²) in [6.45, 7) is 1.30. The summed E-state index contributed by atoms with van der Waals surface area (Å²) in [6, 6.07) is 10.2. The number of hydrogen-bond acceptors (Lipinski definition) is 8. The summed E-state index contributed by atoms with van der Waals surface area (Å²) < 4.78 is 9.00. The van der Waals surface area contributed by atoms with Crippen molar-refractivity contribution in [1.29, 1.82) is 0 Å². The Balaban J connectivity index is 0.000000779. The number of carboxylic acid groups (broad SMARTS) is 1. The molecule has 0 saturated carbocycles. The molecule has 1 atom stereocenters. The van der Waals surface area contributed by atoms with Gasteiger partial charge < -0.3 is 19.7 Å². The summed E-state index contributed by atoms with van der Waals surface area (Å²) >= 11 is 11.7. The minimum absolute atomic E-state index is 0.140. The minimum atomic E-state index is -2.65. The van der Waals surface area contributed by atoms with E-state index in [2.05, 4.69) is 14.5 Å². The van der Waals surface area contributed by atoms with Crippen LogP contribution in [0.2, 0.25) is 10.0 Å². The summed E-state index contributed by atoms with van der Waals surface area (Å²) in [4.78, 5) is 49.8. The van der Waals surface area contributed by atoms with Crippen LogP contribution in [0.5, 0.6) is 0 Å². The van der Waals surface area contributed by atoms with Crippen molar-refractivity contribution >= 4 is 53.2 Å². The van der Waals surface area contributed by atoms with E-state index in [1.54, 1.807) is 12.4 Å². The first-order chi connectivity index (χ1) is 15.6. The van der Waals surface area contributed by atoms with Crippen molar-refractivity contribution in [2.75, 3.05) is 6.61 Å². The van der Waals surface area contributed by atoms with Crippen molar-refractivity contribution in [3.63, 3.8) is 0 Å². The third-order valence-electron chi connectivity index (χ3n) is 3.68. The van der Waals surface area contributed by atoms with E-state index in [1.807, 2.05) is 18.2 Å². The quantitative estimate of drug-likeness (QED) is 0.319. The molecule has 0 saturated heterocycles. The molecule has 2 rings (SSSR count). The molecule has 0 spiro atoms. The van der Waals surface area contributed by atoms with Crippen molar-refractivity contribution in [3.8, 4) is 0 Å². The fourth-order valence-electron chi connectivity index (χ4n) is 2.25. The van der Waals surface area contributed by atoms with Crippen molar-refractivity contribution in [1.82, 2.24) is 4.98 Å². The van der Waals surface area contributed by atoms with Gasteiger partial charge in [-0.3, -0.25) is 14.6 Å². The molecule has 0 radical (unpaired) electrons. The largest absolute Gasteiger partial charge is 0.481 e. The second kappa shape index (κ2) is 14.0. The Bertz CT molecular complexity index is 970. The Hall–Kier alpha value is -3.27. The van der Waals surface area contributed by atoms with Gasteiger partial charge in [-0.25, -0.2) is 9.59 Å². The van der Waals surface area contributed by atoms with Crippen LogP contribution in [-0.4, -0.2) is 51.3 Å². The Morgan fingerprint density at radius 1 is 1.09 bits per heavy atom. The number of hydrogen-bond donors (Lipinski definition) is 2. The molecule has 1 heterocycles. The van der Waals surface area contributed by atoms with Crippen LogP contribution in [0.1, 0.15) is 25.3 Å². The van der Waals surface area contributed by atoms with E-state index in [1.165, 1.54) is 31.2 Å². The van der Waals surface area contributed by atoms with Crippen molar-refractivity contribution in [3.05, 3.63) is 70.5 Å². The SMILES string of the molecule is CCOC(=O)C(O)(CC(=O)O)CC(=O)OC(=O)/C=C/c1ccc(Cl)cc1Cl.c1ccncc1. The molecule has 0 aliphatic heterocycles. The van der Waals surface area contributed by atoms with E-state index < -0.39 is 42.3 Å². The zero-order valence-electron chi connectivity index (χ0n) is 17.4. The molecular formula is C22H21Cl2NO8. The summed E-state index contributed by atoms with van der Waals surface area (Å²) in [7, 11) is 0. The van der Waals surface area contributed by atoms with Gasteiger partial charge >= 0.3 is 23.9 Å². The highest BCUT2D eigenvalue weighted by Crippen LogP contribution is 2.22. The van der Waals surface area contributed by atoms with Crippen LogP contribution in [0.3, 0.4) is 0 Å². The van der Waals surface area contributed by atoms with Crippen LogP contribution in [0.4, 0.5) is 0 Å². The Kier molecular flexibility index (Phi) is 11.8. The van der Waals surface area contributed by atoms with E-state index in [0.717, 1.165) is 6.08 Å². The molecule has 2 N–H and O–H groups in total. The van der Waals surface area contributed by atoms with Crippen molar-refractivity contribution < 1.29 is 38.9 Å². The first kappa shape index (κ1) is 27.8. The molecule has 33 heavy (non-hydrogen) atoms. The number of aliphatic hydroxyl groups is 1. The molecule has 1 unspecified atom stereocenters. The minimum Gasteiger partial charge on any atom is -0.481 e. The van der Waals surface area contributed by atoms with Crippen molar-refractivity contribution in [2.45, 2.75) is 25.4 Å². The van der Waals surface area contributed by atoms with Crippen LogP contribution >= 0.6 is 23.2 Å². The summed E-state index contributed by atoms with van der Waals surface area (Å²) in [5, 5.41) is 19.6. The summed E-state index contributed by atoms with van der Waals surface area (Å²) in [5.74, 6) is -5.25. The zero-order valence-corrected chi connectivity index (χ0v) is 19.0. The van der Waals surface area contributed by atoms with Gasteiger partial charge in [-0.1, -0.05) is 35.3 Å². The topological polar surface area (TPSA) is 140 Å². The molecule has 0 aliphatic carbocycles. The predicted molar refractivity (Wildman–Crippen MR) is 119 cm³/mol. The monoisotopic (exact) mass is 497 g/mol. The van der Waals surface area contributed by atoms with E-state index in [0.29, 0.717) is 10.6 Å². The number of carbonyl (C=O) groups is 4. The van der Waals surface area contributed by atoms with Gasteiger partial charge in [0.15, 0.2) is 5.60 Å². The lowest BCUT2D eigenvalue weighted by atomic mass is 9.96. The summed E-state index contributed by atoms with van der Waals surface area (Å²) in [6.07, 6.45) is 3.50. The van der Waals surface area contributed by atoms with Crippen molar-refractivity contribution in [2.24, 2.45) is 0 Å². The number of esters is 3. The van der Waals surface area contributed by atoms with Crippen LogP contribution < -0.4 is 0 Å². The van der Waals surface area contributed by atoms with Gasteiger partial charge in [-0.2, -0.15) is 0 Å². The van der Waals surface area contributed by atoms with E-state index in [9.17, 15) is 24.3 Å². The molecule has 9 nitrogen and oxygen atoms in total. The standard InChI is InChI=1S/C17H16Cl2O8.C5H5N/c1-2-26-16(24)17(25,8-13(20)21)9-15(23)27-14(22)6-4-10-3-5-11(18)7-12(10)19;1-2-4-6-5-3-1/h3-7,25H,2,8-9H2,1H3,(H,20,21);1-5H/b6-4+;. The Morgan fingerprint density at radius 2 is 1.76 bits per heavy atom. The van der Waals surface area contributed by atoms with Gasteiger partial charge in [-0.05, 0) is 42.8 Å². The predicted octanol–water partition coefficient (Wildman–Crippen LogP) is 3.32. The molecule has 0 bridgehead atoms. The normalized spacial score (nSPS) is 12.1. The highest BCUT2D eigenvalue weighted by Gasteiger charge is 2.43. The second-order valence-corrected chi connectivity index (χ2v) is 7.16. The van der Waals surface area contributed by atoms with Crippen LogP contribution in [0.15, 0.2) is 54.9 Å². The number of carboxylic acids is 1. The fraction of sp³-hybridized carbons (Fsp3) is 0.227. The Labute approximate surface area is 199 Å². The van der Waals surface area contributed by atoms with Gasteiger partial charge in [0.1, 0.15) is 0 Å². The number of nitrogens with zero attached hydrogens (tertiary/aromatic N) is 1. The highest BCUT2D eigenvalue weighted by molar-refractivity contribution is 6.35. The molecule has 0 amide bonds. The molecule has 2 aromatic rings. The number of carbonyl (C=O) groups excluding carboxylic acids is 3. The smallest absolute Gasteiger partial charge is 0.339 e. The Morgan fingerprint density at radius 3 is 2.24 bits per heavy atom. The number of aliphatic carboxylic acids is 1. The lowest BCUT2D eigenvalue weighted by Gasteiger charge is -2.22. The first-order valence-corrected chi connectivity index (χ1v) is 10.2. The number of pyridine rings is 1. The van der Waals surface area contributed by atoms with E-state index in [-0.39, 0.29) is 11.6 Å². The van der Waals surface area contributed by atoms with Gasteiger partial charge in [0.2, 0.25) is 0 Å². The maximum Gasteiger partial charge on any atom is 0.339 e. The molecular weight excluding hydrogens is 477 g/mol. The number of aromatic nitrogens is 1. The maximum absolute atomic E-state index is 11.8. The molecule has 11 heteroatoms. The van der Waals surface area contributed by atoms with Gasteiger partial charge in [0.25, 0.3) is 0 Å². The van der Waals surface area contributed by atoms with Crippen LogP contribution in [0.25, 0.3) is 6.08 Å². The average molecular weight is 498 g/mol. The van der Waals surface area contributed by atoms with Gasteiger partial charge in [0, 0.05) is 28.5 Å². The zero-order chi connectivity index (χ0) is 24.9. The fourth-order valence-corrected chi connectivity index (χ4v) is 2.72. The number of benzene rings is 1. The molecule has 176 valence electrons. The second-order valence-electron chi connectivity index (χ2n) is 6.32. The van der Waals surface area contributed by atoms with Gasteiger partial charge in [-0.15, -0.1) is 0 Å². The highest BCUT2D eigenvalue weighted by atomic mass is 35.5. The lowest BCUT2D eigenvalue weighted by Crippen LogP contribution is -2.44. The number of ether oxygens (including phenoxy) is 2. The first-order valence-electron chi connectivity index (χ1n) is 9.41. The molecule has 1 aromatic heterocycles. The average Bonchev–Trinajstić information content (AvgIpc) is 2.74. The molecule has 1 aromatic carbocycles. The van der Waals surface area contributed by atoms with Gasteiger partial charge in [0.05, 0.1) is 19.4 Å². The summed E-state index contributed by atoms with van der Waals surface area (Å²) in [5.41, 5.74) is -2.22. The maximum atomic E-state index is 11.8. The molecule has 0 aliphatic rings. The van der Waals surface area contributed by atoms with Crippen LogP contribution in [0, 0.1) is 0 Å².